The van der Waals surface area contributed by atoms with E-state index in [0.29, 0.717) is 38.1 Å². The molecule has 0 fully saturated rings. The van der Waals surface area contributed by atoms with Gasteiger partial charge in [0, 0.05) is 21.2 Å². The van der Waals surface area contributed by atoms with E-state index >= 15 is 0 Å². The summed E-state index contributed by atoms with van der Waals surface area (Å²) in [5.41, 5.74) is 3.63. The monoisotopic (exact) mass is 375 g/mol. The van der Waals surface area contributed by atoms with Crippen LogP contribution in [0.25, 0.3) is 22.5 Å². The topological polar surface area (TPSA) is 56.5 Å². The molecule has 0 saturated heterocycles. The largest absolute Gasteiger partial charge is 0.462 e. The van der Waals surface area contributed by atoms with Gasteiger partial charge < -0.3 is 4.74 Å². The third-order valence-corrected chi connectivity index (χ3v) is 4.05. The predicted molar refractivity (Wildman–Crippen MR) is 99.1 cm³/mol. The SMILES string of the molecule is C=C(C)c1c(C(=O)OCC)cnn2c(-c3cc(Cl)cc(Cl)c3)cnc12. The van der Waals surface area contributed by atoms with Crippen LogP contribution in [0.1, 0.15) is 29.8 Å². The average molecular weight is 376 g/mol. The quantitative estimate of drug-likeness (QED) is 0.607. The Bertz CT molecular complexity index is 975. The highest BCUT2D eigenvalue weighted by Gasteiger charge is 2.20. The lowest BCUT2D eigenvalue weighted by Crippen LogP contribution is -2.11. The number of allylic oxidation sites excluding steroid dienone is 1. The number of fused-ring (bicyclic) bond motifs is 1. The second kappa shape index (κ2) is 6.86. The summed E-state index contributed by atoms with van der Waals surface area (Å²) >= 11 is 12.2. The van der Waals surface area contributed by atoms with E-state index in [1.54, 1.807) is 35.8 Å². The van der Waals surface area contributed by atoms with Crippen molar-refractivity contribution in [3.63, 3.8) is 0 Å². The molecule has 3 aromatic rings. The molecule has 0 unspecified atom stereocenters. The third kappa shape index (κ3) is 3.25. The van der Waals surface area contributed by atoms with Crippen molar-refractivity contribution in [3.8, 4) is 11.3 Å². The number of aromatic nitrogens is 3. The van der Waals surface area contributed by atoms with Crippen molar-refractivity contribution >= 4 is 40.4 Å². The minimum Gasteiger partial charge on any atom is -0.462 e. The lowest BCUT2D eigenvalue weighted by Gasteiger charge is -2.10. The molecule has 0 radical (unpaired) electrons. The minimum absolute atomic E-state index is 0.278. The van der Waals surface area contributed by atoms with Crippen molar-refractivity contribution in [2.75, 3.05) is 6.61 Å². The molecule has 25 heavy (non-hydrogen) atoms. The van der Waals surface area contributed by atoms with E-state index in [4.69, 9.17) is 27.9 Å². The van der Waals surface area contributed by atoms with E-state index in [1.165, 1.54) is 6.20 Å². The van der Waals surface area contributed by atoms with Crippen LogP contribution in [-0.2, 0) is 4.74 Å². The second-order valence-electron chi connectivity index (χ2n) is 5.47. The Labute approximate surface area is 154 Å². The fourth-order valence-corrected chi connectivity index (χ4v) is 3.14. The summed E-state index contributed by atoms with van der Waals surface area (Å²) in [7, 11) is 0. The molecule has 3 rings (SSSR count). The van der Waals surface area contributed by atoms with E-state index in [-0.39, 0.29) is 6.61 Å². The number of nitrogens with zero attached hydrogens (tertiary/aromatic N) is 3. The summed E-state index contributed by atoms with van der Waals surface area (Å²) in [5.74, 6) is -0.453. The van der Waals surface area contributed by atoms with E-state index < -0.39 is 5.97 Å². The molecule has 5 nitrogen and oxygen atoms in total. The van der Waals surface area contributed by atoms with Gasteiger partial charge in [0.25, 0.3) is 0 Å². The van der Waals surface area contributed by atoms with Crippen molar-refractivity contribution in [1.29, 1.82) is 0 Å². The van der Waals surface area contributed by atoms with Gasteiger partial charge in [0.05, 0.1) is 30.3 Å². The lowest BCUT2D eigenvalue weighted by molar-refractivity contribution is 0.0525. The molecule has 128 valence electrons. The maximum atomic E-state index is 12.2. The molecule has 0 aliphatic heterocycles. The Morgan fingerprint density at radius 3 is 2.52 bits per heavy atom. The number of carbonyl (C=O) groups is 1. The van der Waals surface area contributed by atoms with Crippen LogP contribution >= 0.6 is 23.2 Å². The maximum Gasteiger partial charge on any atom is 0.340 e. The second-order valence-corrected chi connectivity index (χ2v) is 6.34. The Morgan fingerprint density at radius 2 is 1.92 bits per heavy atom. The zero-order chi connectivity index (χ0) is 18.1. The first-order valence-electron chi connectivity index (χ1n) is 7.58. The molecule has 0 bridgehead atoms. The highest BCUT2D eigenvalue weighted by molar-refractivity contribution is 6.35. The Balaban J connectivity index is 2.24. The fourth-order valence-electron chi connectivity index (χ4n) is 2.62. The van der Waals surface area contributed by atoms with Crippen molar-refractivity contribution in [3.05, 3.63) is 58.3 Å². The summed E-state index contributed by atoms with van der Waals surface area (Å²) in [4.78, 5) is 16.6. The van der Waals surface area contributed by atoms with Gasteiger partial charge in [-0.3, -0.25) is 0 Å². The van der Waals surface area contributed by atoms with E-state index in [1.807, 2.05) is 6.92 Å². The van der Waals surface area contributed by atoms with E-state index in [2.05, 4.69) is 16.7 Å². The Hall–Kier alpha value is -2.37. The number of carbonyl (C=O) groups excluding carboxylic acids is 1. The van der Waals surface area contributed by atoms with Gasteiger partial charge in [0.15, 0.2) is 5.65 Å². The first kappa shape index (κ1) is 17.5. The zero-order valence-electron chi connectivity index (χ0n) is 13.7. The molecule has 7 heteroatoms. The normalized spacial score (nSPS) is 10.9. The summed E-state index contributed by atoms with van der Waals surface area (Å²) in [6.45, 7) is 7.79. The molecule has 0 N–H and O–H groups in total. The molecule has 0 atom stereocenters. The first-order valence-corrected chi connectivity index (χ1v) is 8.34. The summed E-state index contributed by atoms with van der Waals surface area (Å²) < 4.78 is 6.73. The van der Waals surface area contributed by atoms with Crippen LogP contribution in [0.2, 0.25) is 10.0 Å². The van der Waals surface area contributed by atoms with E-state index in [9.17, 15) is 4.79 Å². The fraction of sp³-hybridized carbons (Fsp3) is 0.167. The Kier molecular flexibility index (Phi) is 4.79. The molecule has 2 heterocycles. The minimum atomic E-state index is -0.453. The number of benzene rings is 1. The number of rotatable bonds is 4. The Morgan fingerprint density at radius 1 is 1.24 bits per heavy atom. The molecule has 0 aliphatic rings. The van der Waals surface area contributed by atoms with Gasteiger partial charge in [0.2, 0.25) is 0 Å². The lowest BCUT2D eigenvalue weighted by atomic mass is 10.1. The van der Waals surface area contributed by atoms with Crippen LogP contribution in [0.5, 0.6) is 0 Å². The maximum absolute atomic E-state index is 12.2. The molecule has 0 amide bonds. The van der Waals surface area contributed by atoms with Gasteiger partial charge in [-0.15, -0.1) is 0 Å². The smallest absolute Gasteiger partial charge is 0.340 e. The van der Waals surface area contributed by atoms with Crippen LogP contribution in [0.3, 0.4) is 0 Å². The standard InChI is InChI=1S/C18H15Cl2N3O2/c1-4-25-18(24)14-8-22-23-15(9-21-17(23)16(14)10(2)3)11-5-12(19)7-13(20)6-11/h5-9H,2,4H2,1,3H3. The highest BCUT2D eigenvalue weighted by atomic mass is 35.5. The molecular formula is C18H15Cl2N3O2. The molecule has 0 saturated carbocycles. The molecular weight excluding hydrogens is 361 g/mol. The molecule has 2 aromatic heterocycles. The van der Waals surface area contributed by atoms with Gasteiger partial charge in [-0.2, -0.15) is 5.10 Å². The first-order chi connectivity index (χ1) is 11.9. The van der Waals surface area contributed by atoms with Gasteiger partial charge in [-0.25, -0.2) is 14.3 Å². The van der Waals surface area contributed by atoms with Crippen LogP contribution in [0.15, 0.2) is 37.2 Å². The van der Waals surface area contributed by atoms with E-state index in [0.717, 1.165) is 5.56 Å². The highest BCUT2D eigenvalue weighted by Crippen LogP contribution is 2.30. The van der Waals surface area contributed by atoms with Crippen LogP contribution < -0.4 is 0 Å². The number of ether oxygens (including phenoxy) is 1. The molecule has 1 aromatic carbocycles. The summed E-state index contributed by atoms with van der Waals surface area (Å²) in [6.07, 6.45) is 3.12. The predicted octanol–water partition coefficient (Wildman–Crippen LogP) is 4.91. The summed E-state index contributed by atoms with van der Waals surface area (Å²) in [5, 5.41) is 5.38. The molecule has 0 aliphatic carbocycles. The zero-order valence-corrected chi connectivity index (χ0v) is 15.2. The number of halogens is 2. The van der Waals surface area contributed by atoms with Gasteiger partial charge in [0.1, 0.15) is 0 Å². The summed E-state index contributed by atoms with van der Waals surface area (Å²) in [6, 6.07) is 5.21. The van der Waals surface area contributed by atoms with Crippen LogP contribution in [0, 0.1) is 0 Å². The van der Waals surface area contributed by atoms with Crippen molar-refractivity contribution < 1.29 is 9.53 Å². The number of imidazole rings is 1. The van der Waals surface area contributed by atoms with Crippen molar-refractivity contribution in [2.45, 2.75) is 13.8 Å². The van der Waals surface area contributed by atoms with Gasteiger partial charge in [-0.1, -0.05) is 29.8 Å². The van der Waals surface area contributed by atoms with Gasteiger partial charge in [-0.05, 0) is 37.6 Å². The van der Waals surface area contributed by atoms with Gasteiger partial charge >= 0.3 is 5.97 Å². The number of hydrogen-bond donors (Lipinski definition) is 0. The van der Waals surface area contributed by atoms with Crippen molar-refractivity contribution in [1.82, 2.24) is 14.6 Å². The third-order valence-electron chi connectivity index (χ3n) is 3.61. The van der Waals surface area contributed by atoms with Crippen LogP contribution in [-0.4, -0.2) is 27.2 Å². The van der Waals surface area contributed by atoms with Crippen LogP contribution in [0.4, 0.5) is 0 Å². The number of hydrogen-bond acceptors (Lipinski definition) is 4. The number of esters is 1. The van der Waals surface area contributed by atoms with Crippen molar-refractivity contribution in [2.24, 2.45) is 0 Å². The molecule has 0 spiro atoms. The average Bonchev–Trinajstić information content (AvgIpc) is 2.96.